The number of benzene rings is 2. The Hall–Kier alpha value is -1.58. The molecule has 3 heteroatoms. The topological polar surface area (TPSA) is 26.3 Å². The fraction of sp³-hybridized carbons (Fsp3) is 0.188. The molecule has 0 fully saturated rings. The summed E-state index contributed by atoms with van der Waals surface area (Å²) in [4.78, 5) is 11.0. The van der Waals surface area contributed by atoms with Crippen LogP contribution in [0.5, 0.6) is 0 Å². The number of hydrogen-bond donors (Lipinski definition) is 0. The molecule has 2 rings (SSSR count). The van der Waals surface area contributed by atoms with Crippen molar-refractivity contribution in [2.75, 3.05) is 6.61 Å². The van der Waals surface area contributed by atoms with Gasteiger partial charge >= 0.3 is 0 Å². The summed E-state index contributed by atoms with van der Waals surface area (Å²) in [6.07, 6.45) is 0. The van der Waals surface area contributed by atoms with Crippen molar-refractivity contribution in [2.24, 2.45) is 0 Å². The molecule has 0 spiro atoms. The highest BCUT2D eigenvalue weighted by Crippen LogP contribution is 2.35. The second-order valence-electron chi connectivity index (χ2n) is 4.26. The van der Waals surface area contributed by atoms with Crippen molar-refractivity contribution in [2.45, 2.75) is 12.2 Å². The second-order valence-corrected chi connectivity index (χ2v) is 5.16. The molecule has 0 heterocycles. The van der Waals surface area contributed by atoms with E-state index in [9.17, 15) is 4.79 Å². The van der Waals surface area contributed by atoms with Crippen LogP contribution in [0.15, 0.2) is 60.7 Å². The normalized spacial score (nSPS) is 10.6. The molecule has 0 radical (unpaired) electrons. The monoisotopic (exact) mass is 272 g/mol. The predicted octanol–water partition coefficient (Wildman–Crippen LogP) is 4.03. The summed E-state index contributed by atoms with van der Waals surface area (Å²) in [5.41, 5.74) is 2.34. The van der Waals surface area contributed by atoms with Crippen LogP contribution in [-0.2, 0) is 8.98 Å². The van der Waals surface area contributed by atoms with E-state index in [2.05, 4.69) is 24.3 Å². The first kappa shape index (κ1) is 13.8. The first-order valence-corrected chi connectivity index (χ1v) is 6.95. The minimum absolute atomic E-state index is 0.0346. The van der Waals surface area contributed by atoms with Crippen LogP contribution in [0.2, 0.25) is 0 Å². The Morgan fingerprint density at radius 1 is 1.00 bits per heavy atom. The zero-order valence-corrected chi connectivity index (χ0v) is 11.6. The quantitative estimate of drug-likeness (QED) is 0.743. The van der Waals surface area contributed by atoms with Crippen molar-refractivity contribution in [3.8, 4) is 0 Å². The smallest absolute Gasteiger partial charge is 0.156 e. The van der Waals surface area contributed by atoms with E-state index in [1.165, 1.54) is 30.1 Å². The Labute approximate surface area is 118 Å². The highest BCUT2D eigenvalue weighted by molar-refractivity contribution is 7.95. The third kappa shape index (κ3) is 4.23. The molecule has 0 aliphatic rings. The van der Waals surface area contributed by atoms with E-state index in [0.717, 1.165) is 0 Å². The van der Waals surface area contributed by atoms with Gasteiger partial charge in [-0.1, -0.05) is 60.7 Å². The van der Waals surface area contributed by atoms with Crippen LogP contribution >= 0.6 is 12.0 Å². The molecule has 0 aliphatic heterocycles. The van der Waals surface area contributed by atoms with E-state index in [0.29, 0.717) is 0 Å². The molecule has 2 aromatic carbocycles. The molecular formula is C16H16O2S. The van der Waals surface area contributed by atoms with Gasteiger partial charge in [-0.25, -0.2) is 0 Å². The Bertz CT molecular complexity index is 471. The lowest BCUT2D eigenvalue weighted by Gasteiger charge is -2.16. The van der Waals surface area contributed by atoms with Crippen molar-refractivity contribution in [1.82, 2.24) is 0 Å². The van der Waals surface area contributed by atoms with Crippen molar-refractivity contribution in [1.29, 1.82) is 0 Å². The lowest BCUT2D eigenvalue weighted by molar-refractivity contribution is -0.118. The standard InChI is InChI=1S/C16H16O2S/c1-13(17)12-18-19-16(14-8-4-2-5-9-14)15-10-6-3-7-11-15/h2-11,16H,12H2,1H3. The van der Waals surface area contributed by atoms with Crippen LogP contribution in [0.25, 0.3) is 0 Å². The third-order valence-corrected chi connectivity index (χ3v) is 3.62. The average molecular weight is 272 g/mol. The molecule has 0 saturated carbocycles. The molecule has 0 bridgehead atoms. The fourth-order valence-electron chi connectivity index (χ4n) is 1.74. The molecule has 0 aliphatic carbocycles. The molecule has 2 nitrogen and oxygen atoms in total. The lowest BCUT2D eigenvalue weighted by Crippen LogP contribution is -2.03. The maximum absolute atomic E-state index is 11.0. The first-order chi connectivity index (χ1) is 9.27. The van der Waals surface area contributed by atoms with E-state index in [-0.39, 0.29) is 17.6 Å². The van der Waals surface area contributed by atoms with Crippen LogP contribution in [0, 0.1) is 0 Å². The Kier molecular flexibility index (Phi) is 5.19. The zero-order valence-electron chi connectivity index (χ0n) is 10.8. The SMILES string of the molecule is CC(=O)COSC(c1ccccc1)c1ccccc1. The molecule has 19 heavy (non-hydrogen) atoms. The summed E-state index contributed by atoms with van der Waals surface area (Å²) in [6, 6.07) is 20.3. The predicted molar refractivity (Wildman–Crippen MR) is 79.0 cm³/mol. The molecular weight excluding hydrogens is 256 g/mol. The van der Waals surface area contributed by atoms with Crippen LogP contribution in [0.1, 0.15) is 23.3 Å². The molecule has 0 aromatic heterocycles. The Morgan fingerprint density at radius 2 is 1.47 bits per heavy atom. The van der Waals surface area contributed by atoms with Crippen LogP contribution in [-0.4, -0.2) is 12.4 Å². The van der Waals surface area contributed by atoms with E-state index >= 15 is 0 Å². The molecule has 2 aromatic rings. The minimum Gasteiger partial charge on any atom is -0.307 e. The van der Waals surface area contributed by atoms with Gasteiger partial charge in [-0.05, 0) is 18.1 Å². The number of hydrogen-bond acceptors (Lipinski definition) is 3. The number of ketones is 1. The molecule has 0 N–H and O–H groups in total. The van der Waals surface area contributed by atoms with Crippen molar-refractivity contribution >= 4 is 17.8 Å². The van der Waals surface area contributed by atoms with E-state index in [1.54, 1.807) is 0 Å². The van der Waals surface area contributed by atoms with Gasteiger partial charge in [-0.3, -0.25) is 4.79 Å². The molecule has 98 valence electrons. The van der Waals surface area contributed by atoms with Gasteiger partial charge in [0.15, 0.2) is 5.78 Å². The van der Waals surface area contributed by atoms with Crippen LogP contribution in [0.4, 0.5) is 0 Å². The van der Waals surface area contributed by atoms with Crippen LogP contribution in [0.3, 0.4) is 0 Å². The highest BCUT2D eigenvalue weighted by atomic mass is 32.2. The van der Waals surface area contributed by atoms with Gasteiger partial charge in [0.05, 0.1) is 5.25 Å². The molecule has 0 amide bonds. The summed E-state index contributed by atoms with van der Waals surface area (Å²) in [6.45, 7) is 1.67. The summed E-state index contributed by atoms with van der Waals surface area (Å²) < 4.78 is 5.43. The van der Waals surface area contributed by atoms with Gasteiger partial charge in [0.25, 0.3) is 0 Å². The summed E-state index contributed by atoms with van der Waals surface area (Å²) in [7, 11) is 0. The van der Waals surface area contributed by atoms with Gasteiger partial charge in [0.2, 0.25) is 0 Å². The largest absolute Gasteiger partial charge is 0.307 e. The Morgan fingerprint density at radius 3 is 1.89 bits per heavy atom. The van der Waals surface area contributed by atoms with E-state index < -0.39 is 0 Å². The number of Topliss-reactive ketones (excluding diaryl/α,β-unsaturated/α-hetero) is 1. The van der Waals surface area contributed by atoms with Crippen molar-refractivity contribution < 1.29 is 8.98 Å². The van der Waals surface area contributed by atoms with Crippen molar-refractivity contribution in [3.05, 3.63) is 71.8 Å². The average Bonchev–Trinajstić information content (AvgIpc) is 2.45. The van der Waals surface area contributed by atoms with Crippen LogP contribution < -0.4 is 0 Å². The number of rotatable bonds is 6. The van der Waals surface area contributed by atoms with Gasteiger partial charge < -0.3 is 4.18 Å². The summed E-state index contributed by atoms with van der Waals surface area (Å²) in [5, 5.41) is 0.0850. The van der Waals surface area contributed by atoms with Gasteiger partial charge in [-0.2, -0.15) is 0 Å². The fourth-order valence-corrected chi connectivity index (χ4v) is 2.65. The highest BCUT2D eigenvalue weighted by Gasteiger charge is 2.15. The third-order valence-electron chi connectivity index (χ3n) is 2.63. The molecule has 0 saturated heterocycles. The van der Waals surface area contributed by atoms with Gasteiger partial charge in [0, 0.05) is 12.0 Å². The zero-order chi connectivity index (χ0) is 13.5. The van der Waals surface area contributed by atoms with E-state index in [1.807, 2.05) is 36.4 Å². The summed E-state index contributed by atoms with van der Waals surface area (Å²) >= 11 is 1.34. The molecule has 0 atom stereocenters. The summed E-state index contributed by atoms with van der Waals surface area (Å²) in [5.74, 6) is 0.0346. The number of carbonyl (C=O) groups excluding carboxylic acids is 1. The van der Waals surface area contributed by atoms with E-state index in [4.69, 9.17) is 4.18 Å². The second kappa shape index (κ2) is 7.12. The minimum atomic E-state index is 0.0346. The first-order valence-electron chi connectivity index (χ1n) is 6.15. The van der Waals surface area contributed by atoms with Crippen molar-refractivity contribution in [3.63, 3.8) is 0 Å². The maximum Gasteiger partial charge on any atom is 0.156 e. The van der Waals surface area contributed by atoms with Gasteiger partial charge in [-0.15, -0.1) is 0 Å². The molecule has 0 unspecified atom stereocenters. The maximum atomic E-state index is 11.0. The lowest BCUT2D eigenvalue weighted by atomic mass is 10.0. The number of carbonyl (C=O) groups is 1. The Balaban J connectivity index is 2.17. The van der Waals surface area contributed by atoms with Gasteiger partial charge in [0.1, 0.15) is 6.61 Å².